The highest BCUT2D eigenvalue weighted by Gasteiger charge is 2.17. The Bertz CT molecular complexity index is 853. The van der Waals surface area contributed by atoms with E-state index in [1.165, 1.54) is 18.2 Å². The van der Waals surface area contributed by atoms with Crippen molar-refractivity contribution in [1.29, 1.82) is 0 Å². The summed E-state index contributed by atoms with van der Waals surface area (Å²) in [4.78, 5) is 4.12. The number of hydrogen-bond donors (Lipinski definition) is 2. The molecular formula is C13H14BrFN4O4S. The molecule has 0 fully saturated rings. The van der Waals surface area contributed by atoms with Crippen LogP contribution in [-0.4, -0.2) is 41.8 Å². The summed E-state index contributed by atoms with van der Waals surface area (Å²) in [5, 5.41) is 16.6. The summed E-state index contributed by atoms with van der Waals surface area (Å²) in [6, 6.07) is 4.05. The molecule has 0 atom stereocenters. The molecule has 130 valence electrons. The van der Waals surface area contributed by atoms with Gasteiger partial charge in [-0.1, -0.05) is 5.16 Å². The van der Waals surface area contributed by atoms with Gasteiger partial charge in [-0.2, -0.15) is 0 Å². The fraction of sp³-hybridized carbons (Fsp3) is 0.308. The topological polar surface area (TPSA) is 118 Å². The minimum atomic E-state index is -3.09. The third-order valence-corrected chi connectivity index (χ3v) is 4.60. The first kappa shape index (κ1) is 18.5. The van der Waals surface area contributed by atoms with Crippen LogP contribution in [0.1, 0.15) is 17.8 Å². The van der Waals surface area contributed by atoms with E-state index in [2.05, 4.69) is 35.9 Å². The van der Waals surface area contributed by atoms with Crippen LogP contribution in [0, 0.1) is 5.82 Å². The van der Waals surface area contributed by atoms with Gasteiger partial charge in [0, 0.05) is 6.26 Å². The lowest BCUT2D eigenvalue weighted by atomic mass is 10.2. The van der Waals surface area contributed by atoms with E-state index in [-0.39, 0.29) is 28.2 Å². The van der Waals surface area contributed by atoms with Gasteiger partial charge in [0.15, 0.2) is 11.5 Å². The normalized spacial score (nSPS) is 12.4. The minimum Gasteiger partial charge on any atom is -0.290 e. The van der Waals surface area contributed by atoms with E-state index >= 15 is 0 Å². The largest absolute Gasteiger partial charge is 0.290 e. The molecular weight excluding hydrogens is 407 g/mol. The summed E-state index contributed by atoms with van der Waals surface area (Å²) in [5.41, 5.74) is 2.74. The first-order valence-electron chi connectivity index (χ1n) is 6.73. The smallest absolute Gasteiger partial charge is 0.181 e. The van der Waals surface area contributed by atoms with Gasteiger partial charge in [-0.05, 0) is 52.1 Å². The predicted molar refractivity (Wildman–Crippen MR) is 87.5 cm³/mol. The van der Waals surface area contributed by atoms with Gasteiger partial charge in [0.1, 0.15) is 21.3 Å². The molecule has 0 aliphatic rings. The van der Waals surface area contributed by atoms with Crippen molar-refractivity contribution >= 4 is 37.3 Å². The third-order valence-electron chi connectivity index (χ3n) is 2.96. The zero-order valence-corrected chi connectivity index (χ0v) is 14.9. The number of rotatable bonds is 6. The maximum atomic E-state index is 13.2. The predicted octanol–water partition coefficient (Wildman–Crippen LogP) is 2.01. The van der Waals surface area contributed by atoms with Crippen LogP contribution in [0.25, 0.3) is 0 Å². The average Bonchev–Trinajstić information content (AvgIpc) is 2.95. The number of nitrogens with one attached hydrogen (secondary N) is 1. The Morgan fingerprint density at radius 1 is 1.46 bits per heavy atom. The first-order chi connectivity index (χ1) is 11.3. The number of aliphatic imine (C=N–C) groups is 1. The van der Waals surface area contributed by atoms with Gasteiger partial charge >= 0.3 is 0 Å². The maximum absolute atomic E-state index is 13.2. The van der Waals surface area contributed by atoms with Crippen molar-refractivity contribution in [2.45, 2.75) is 12.8 Å². The van der Waals surface area contributed by atoms with Gasteiger partial charge in [-0.3, -0.25) is 10.7 Å². The molecule has 1 aromatic carbocycles. The summed E-state index contributed by atoms with van der Waals surface area (Å²) in [5.74, 6) is -0.510. The number of nitrogens with zero attached hydrogens (tertiary/aromatic N) is 3. The molecule has 0 saturated heterocycles. The molecule has 0 aliphatic carbocycles. The number of aryl methyl sites for hydroxylation is 1. The molecule has 1 heterocycles. The van der Waals surface area contributed by atoms with Crippen molar-refractivity contribution < 1.29 is 22.6 Å². The first-order valence-corrected chi connectivity index (χ1v) is 9.59. The van der Waals surface area contributed by atoms with Crippen LogP contribution in [0.4, 0.5) is 10.1 Å². The number of hydroxylamine groups is 1. The third kappa shape index (κ3) is 5.08. The number of sulfone groups is 1. The lowest BCUT2D eigenvalue weighted by molar-refractivity contribution is 0.234. The Labute approximate surface area is 145 Å². The van der Waals surface area contributed by atoms with Crippen LogP contribution < -0.4 is 5.48 Å². The molecule has 0 aliphatic heterocycles. The van der Waals surface area contributed by atoms with Crippen molar-refractivity contribution in [3.8, 4) is 0 Å². The van der Waals surface area contributed by atoms with E-state index < -0.39 is 15.7 Å². The zero-order valence-electron chi connectivity index (χ0n) is 12.5. The Morgan fingerprint density at radius 2 is 2.21 bits per heavy atom. The molecule has 0 bridgehead atoms. The van der Waals surface area contributed by atoms with Crippen molar-refractivity contribution in [3.63, 3.8) is 0 Å². The molecule has 2 aromatic rings. The van der Waals surface area contributed by atoms with Crippen LogP contribution in [0.5, 0.6) is 0 Å². The molecule has 0 unspecified atom stereocenters. The highest BCUT2D eigenvalue weighted by Crippen LogP contribution is 2.23. The van der Waals surface area contributed by atoms with Crippen LogP contribution in [0.3, 0.4) is 0 Å². The van der Waals surface area contributed by atoms with Crippen molar-refractivity contribution in [2.24, 2.45) is 4.99 Å². The Balaban J connectivity index is 2.23. The molecule has 0 saturated carbocycles. The van der Waals surface area contributed by atoms with E-state index in [0.717, 1.165) is 6.26 Å². The average molecular weight is 421 g/mol. The van der Waals surface area contributed by atoms with Gasteiger partial charge in [0.2, 0.25) is 0 Å². The van der Waals surface area contributed by atoms with Crippen LogP contribution >= 0.6 is 15.9 Å². The van der Waals surface area contributed by atoms with Crippen molar-refractivity contribution in [3.05, 3.63) is 39.9 Å². The molecule has 0 spiro atoms. The summed E-state index contributed by atoms with van der Waals surface area (Å²) < 4.78 is 40.4. The second-order valence-corrected chi connectivity index (χ2v) is 8.08. The van der Waals surface area contributed by atoms with Gasteiger partial charge in [-0.25, -0.2) is 22.4 Å². The molecule has 0 radical (unpaired) electrons. The summed E-state index contributed by atoms with van der Waals surface area (Å²) >= 11 is 3.04. The highest BCUT2D eigenvalue weighted by molar-refractivity contribution is 9.10. The molecule has 8 nitrogen and oxygen atoms in total. The van der Waals surface area contributed by atoms with E-state index in [0.29, 0.717) is 17.8 Å². The van der Waals surface area contributed by atoms with Gasteiger partial charge in [0.05, 0.1) is 15.9 Å². The highest BCUT2D eigenvalue weighted by atomic mass is 79.9. The molecule has 0 amide bonds. The summed E-state index contributed by atoms with van der Waals surface area (Å²) in [6.45, 7) is 0. The number of amidine groups is 1. The summed E-state index contributed by atoms with van der Waals surface area (Å²) in [7, 11) is -3.09. The lowest BCUT2D eigenvalue weighted by Crippen LogP contribution is -2.22. The minimum absolute atomic E-state index is 0.0107. The number of halogens is 2. The van der Waals surface area contributed by atoms with Gasteiger partial charge in [-0.15, -0.1) is 0 Å². The molecule has 24 heavy (non-hydrogen) atoms. The Morgan fingerprint density at radius 3 is 2.83 bits per heavy atom. The molecule has 1 aromatic heterocycles. The SMILES string of the molecule is CS(=O)(=O)CCCc1nonc1C(=Nc1ccc(F)c(Br)c1)NO. The quantitative estimate of drug-likeness (QED) is 0.416. The van der Waals surface area contributed by atoms with E-state index in [9.17, 15) is 18.0 Å². The lowest BCUT2D eigenvalue weighted by Gasteiger charge is -2.04. The van der Waals surface area contributed by atoms with E-state index in [1.54, 1.807) is 0 Å². The van der Waals surface area contributed by atoms with Crippen LogP contribution in [0.2, 0.25) is 0 Å². The molecule has 2 N–H and O–H groups in total. The van der Waals surface area contributed by atoms with Crippen molar-refractivity contribution in [2.75, 3.05) is 12.0 Å². The Kier molecular flexibility index (Phi) is 6.02. The van der Waals surface area contributed by atoms with Crippen LogP contribution in [0.15, 0.2) is 32.3 Å². The summed E-state index contributed by atoms with van der Waals surface area (Å²) in [6.07, 6.45) is 1.74. The fourth-order valence-electron chi connectivity index (χ4n) is 1.87. The second-order valence-electron chi connectivity index (χ2n) is 4.96. The molecule has 11 heteroatoms. The van der Waals surface area contributed by atoms with Gasteiger partial charge < -0.3 is 0 Å². The number of benzene rings is 1. The van der Waals surface area contributed by atoms with Crippen molar-refractivity contribution in [1.82, 2.24) is 15.8 Å². The van der Waals surface area contributed by atoms with E-state index in [1.807, 2.05) is 5.48 Å². The van der Waals surface area contributed by atoms with Crippen LogP contribution in [-0.2, 0) is 16.3 Å². The standard InChI is InChI=1S/C13H14BrFN4O4S/c1-24(21,22)6-2-3-11-12(19-23-18-11)13(17-20)16-8-4-5-10(15)9(14)7-8/h4-5,7,20H,2-3,6H2,1H3,(H,16,17). The molecule has 2 rings (SSSR count). The van der Waals surface area contributed by atoms with E-state index in [4.69, 9.17) is 0 Å². The maximum Gasteiger partial charge on any atom is 0.181 e. The Hall–Kier alpha value is -1.85. The second kappa shape index (κ2) is 7.81. The monoisotopic (exact) mass is 420 g/mol. The zero-order chi connectivity index (χ0) is 17.7. The fourth-order valence-corrected chi connectivity index (χ4v) is 2.90. The number of aromatic nitrogens is 2. The number of hydrogen-bond acceptors (Lipinski definition) is 7. The van der Waals surface area contributed by atoms with Gasteiger partial charge in [0.25, 0.3) is 0 Å².